The van der Waals surface area contributed by atoms with Gasteiger partial charge in [-0.15, -0.1) is 47.0 Å². The Bertz CT molecular complexity index is 4220. The second-order valence-electron chi connectivity index (χ2n) is 23.7. The van der Waals surface area contributed by atoms with Crippen LogP contribution in [-0.4, -0.2) is 48.9 Å². The first-order valence-corrected chi connectivity index (χ1v) is 29.8. The van der Waals surface area contributed by atoms with Gasteiger partial charge in [-0.3, -0.25) is 0 Å². The maximum absolute atomic E-state index is 8.19. The van der Waals surface area contributed by atoms with Gasteiger partial charge in [-0.1, -0.05) is 180 Å². The fourth-order valence-corrected chi connectivity index (χ4v) is 15.3. The molecular formula is C64H56N8OS4V. The topological polar surface area (TPSA) is 123 Å². The molecule has 2 aliphatic heterocycles. The van der Waals surface area contributed by atoms with Gasteiger partial charge < -0.3 is 29.9 Å². The Morgan fingerprint density at radius 2 is 0.615 bits per heavy atom. The second kappa shape index (κ2) is 19.3. The molecule has 8 aromatic carbocycles. The van der Waals surface area contributed by atoms with Crippen molar-refractivity contribution in [2.45, 2.75) is 122 Å². The molecule has 0 spiro atoms. The molecule has 0 saturated heterocycles. The van der Waals surface area contributed by atoms with Crippen molar-refractivity contribution in [3.63, 3.8) is 0 Å². The molecule has 13 rings (SSSR count). The number of rotatable bonds is 4. The van der Waals surface area contributed by atoms with Crippen molar-refractivity contribution in [2.75, 3.05) is 0 Å². The van der Waals surface area contributed by atoms with Crippen molar-refractivity contribution in [1.29, 1.82) is 0 Å². The molecule has 387 valence electrons. The third kappa shape index (κ3) is 9.62. The molecule has 3 aromatic heterocycles. The van der Waals surface area contributed by atoms with Crippen LogP contribution < -0.4 is 9.97 Å². The van der Waals surface area contributed by atoms with Gasteiger partial charge in [-0.25, -0.2) is 9.97 Å². The summed E-state index contributed by atoms with van der Waals surface area (Å²) in [6.07, 6.45) is 0. The number of hydrogen-bond acceptors (Lipinski definition) is 11. The van der Waals surface area contributed by atoms with Crippen LogP contribution in [-0.2, 0) is 21.0 Å². The Kier molecular flexibility index (Phi) is 13.1. The third-order valence-electron chi connectivity index (χ3n) is 13.2. The van der Waals surface area contributed by atoms with Gasteiger partial charge in [0.05, 0.1) is 23.3 Å². The van der Waals surface area contributed by atoms with Crippen molar-refractivity contribution in [3.05, 3.63) is 121 Å². The van der Waals surface area contributed by atoms with E-state index in [1.165, 1.54) is 0 Å². The number of benzene rings is 8. The summed E-state index contributed by atoms with van der Waals surface area (Å²) in [6.45, 7) is 27.1. The maximum atomic E-state index is 8.19. The van der Waals surface area contributed by atoms with Crippen LogP contribution in [0.25, 0.3) is 133 Å². The minimum atomic E-state index is -0.155. The first kappa shape index (κ1) is 52.6. The van der Waals surface area contributed by atoms with Gasteiger partial charge in [-0.05, 0) is 78.1 Å². The molecule has 0 N–H and O–H groups in total. The Labute approximate surface area is 480 Å². The van der Waals surface area contributed by atoms with E-state index in [-0.39, 0.29) is 19.0 Å². The second-order valence-corrected chi connectivity index (χ2v) is 31.1. The van der Waals surface area contributed by atoms with Crippen LogP contribution in [0.1, 0.15) is 83.1 Å². The van der Waals surface area contributed by atoms with Crippen LogP contribution in [0.2, 0.25) is 0 Å². The van der Waals surface area contributed by atoms with E-state index in [1.807, 2.05) is 47.0 Å². The van der Waals surface area contributed by atoms with E-state index in [0.29, 0.717) is 45.9 Å². The zero-order valence-electron chi connectivity index (χ0n) is 45.6. The number of hydrogen-bond donors (Lipinski definition) is 0. The van der Waals surface area contributed by atoms with E-state index in [1.54, 1.807) is 0 Å². The van der Waals surface area contributed by atoms with Gasteiger partial charge in [0, 0.05) is 94.2 Å². The van der Waals surface area contributed by atoms with Crippen molar-refractivity contribution in [2.24, 2.45) is 0 Å². The average molecular weight is 1130 g/mol. The first-order chi connectivity index (χ1) is 37.1. The molecule has 9 nitrogen and oxygen atoms in total. The Hall–Kier alpha value is -6.06. The van der Waals surface area contributed by atoms with Gasteiger partial charge in [0.15, 0.2) is 0 Å². The molecule has 0 radical (unpaired) electrons. The monoisotopic (exact) mass is 1130 g/mol. The van der Waals surface area contributed by atoms with Gasteiger partial charge in [-0.2, -0.15) is 0 Å². The van der Waals surface area contributed by atoms with E-state index < -0.39 is 0 Å². The molecule has 14 heteroatoms. The standard InChI is InChI=1S/C64H56N8S4.O.V/c1-61(2,3)73-49-37-25-17-13-21-33(37)29-41-45(49)57-65-53(41)70-58-47-43(31-35-23-15-19-27-39(35)51(47)75-63(7,8)9)55(67-58)72-60-48-44(32-36-24-16-20-28-40(36)52(48)76-64(10,11)12)56(68-60)71-59-46-42(54(66-59)69-57)30-34-22-14-18-26-38(34)50(46)74-62(4,5)6;;/h13-32H,1-12H3;;/q-2;;+2. The van der Waals surface area contributed by atoms with Crippen LogP contribution in [0.3, 0.4) is 0 Å². The number of aromatic nitrogens is 8. The summed E-state index contributed by atoms with van der Waals surface area (Å²) in [6, 6.07) is 43.4. The van der Waals surface area contributed by atoms with Gasteiger partial charge in [0.25, 0.3) is 0 Å². The summed E-state index contributed by atoms with van der Waals surface area (Å²) in [4.78, 5) is 49.2. The molecule has 8 bridgehead atoms. The summed E-state index contributed by atoms with van der Waals surface area (Å²) in [5, 5.41) is 12.6. The molecule has 0 atom stereocenters. The summed E-state index contributed by atoms with van der Waals surface area (Å²) >= 11 is 8.38. The quantitative estimate of drug-likeness (QED) is 0.156. The molecule has 0 unspecified atom stereocenters. The van der Waals surface area contributed by atoms with Crippen LogP contribution in [0.5, 0.6) is 0 Å². The summed E-state index contributed by atoms with van der Waals surface area (Å²) in [5.74, 6) is 2.18. The molecule has 11 aromatic rings. The molecule has 78 heavy (non-hydrogen) atoms. The van der Waals surface area contributed by atoms with E-state index >= 15 is 0 Å². The first-order valence-electron chi connectivity index (χ1n) is 26.0. The van der Waals surface area contributed by atoms with Gasteiger partial charge in [0.1, 0.15) is 0 Å². The Balaban J connectivity index is 0.00000301. The molecule has 0 aliphatic carbocycles. The Morgan fingerprint density at radius 1 is 0.333 bits per heavy atom. The number of fused-ring (bicyclic) bond motifs is 24. The molecular weight excluding hydrogens is 1080 g/mol. The SMILES string of the molecule is CC(C)(C)Sc1c2c(cc3ccccc13)-c1nc-2nc2[n-]c(nc3nc(nc4[n-]c(n1)c1c(SC(C)(C)C)c5ccccc5cc41)-c1c-3cc3ccccc3c1SC(C)(C)C)c1c(SC(C)(C)C)c3ccccc3cc21.[O]=[V+2]. The zero-order chi connectivity index (χ0) is 54.8. The van der Waals surface area contributed by atoms with Crippen LogP contribution in [0.15, 0.2) is 141 Å². The van der Waals surface area contributed by atoms with E-state index in [4.69, 9.17) is 43.5 Å². The van der Waals surface area contributed by atoms with E-state index in [2.05, 4.69) is 204 Å². The van der Waals surface area contributed by atoms with E-state index in [9.17, 15) is 0 Å². The predicted octanol–water partition coefficient (Wildman–Crippen LogP) is 18.2. The Morgan fingerprint density at radius 3 is 0.949 bits per heavy atom. The third-order valence-corrected chi connectivity index (χ3v) is 18.2. The fourth-order valence-electron chi connectivity index (χ4n) is 10.4. The van der Waals surface area contributed by atoms with Crippen molar-refractivity contribution in [1.82, 2.24) is 39.9 Å². The predicted molar refractivity (Wildman–Crippen MR) is 327 cm³/mol. The van der Waals surface area contributed by atoms with Crippen molar-refractivity contribution in [3.8, 4) is 45.6 Å². The summed E-state index contributed by atoms with van der Waals surface area (Å²) in [7, 11) is 0. The number of thioether (sulfide) groups is 4. The van der Waals surface area contributed by atoms with Crippen molar-refractivity contribution < 1.29 is 21.0 Å². The number of nitrogens with zero attached hydrogens (tertiary/aromatic N) is 8. The van der Waals surface area contributed by atoms with Gasteiger partial charge >= 0.3 is 21.0 Å². The molecule has 2 aliphatic rings. The molecule has 0 saturated carbocycles. The zero-order valence-corrected chi connectivity index (χ0v) is 50.3. The van der Waals surface area contributed by atoms with Gasteiger partial charge in [0.2, 0.25) is 0 Å². The minimum absolute atomic E-state index is 0.155. The summed E-state index contributed by atoms with van der Waals surface area (Å²) < 4.78 is 7.57. The molecule has 0 amide bonds. The fraction of sp³-hybridized carbons (Fsp3) is 0.250. The molecule has 5 heterocycles. The van der Waals surface area contributed by atoms with Crippen LogP contribution in [0, 0.1) is 0 Å². The molecule has 0 fully saturated rings. The van der Waals surface area contributed by atoms with Crippen molar-refractivity contribution >= 4 is 134 Å². The van der Waals surface area contributed by atoms with E-state index in [0.717, 1.165) is 124 Å². The average Bonchev–Trinajstić information content (AvgIpc) is 4.30. The van der Waals surface area contributed by atoms with Crippen LogP contribution in [0.4, 0.5) is 0 Å². The summed E-state index contributed by atoms with van der Waals surface area (Å²) in [5.41, 5.74) is 5.83. The van der Waals surface area contributed by atoms with Crippen LogP contribution >= 0.6 is 47.0 Å². The normalized spacial score (nSPS) is 12.9.